The van der Waals surface area contributed by atoms with Crippen molar-refractivity contribution in [2.45, 2.75) is 6.54 Å². The lowest BCUT2D eigenvalue weighted by Crippen LogP contribution is -2.13. The van der Waals surface area contributed by atoms with E-state index in [1.54, 1.807) is 6.20 Å². The summed E-state index contributed by atoms with van der Waals surface area (Å²) in [6, 6.07) is 8.18. The van der Waals surface area contributed by atoms with Gasteiger partial charge in [-0.2, -0.15) is 0 Å². The van der Waals surface area contributed by atoms with Crippen LogP contribution in [0.3, 0.4) is 0 Å². The van der Waals surface area contributed by atoms with Crippen LogP contribution in [-0.4, -0.2) is 15.5 Å². The number of benzene rings is 1. The zero-order valence-corrected chi connectivity index (χ0v) is 11.6. The summed E-state index contributed by atoms with van der Waals surface area (Å²) < 4.78 is 2.07. The van der Waals surface area contributed by atoms with Crippen LogP contribution in [0.25, 0.3) is 22.2 Å². The summed E-state index contributed by atoms with van der Waals surface area (Å²) in [7, 11) is 2.01. The summed E-state index contributed by atoms with van der Waals surface area (Å²) in [4.78, 5) is 16.4. The Morgan fingerprint density at radius 1 is 1.33 bits per heavy atom. The van der Waals surface area contributed by atoms with Gasteiger partial charge >= 0.3 is 0 Å². The van der Waals surface area contributed by atoms with Gasteiger partial charge in [-0.25, -0.2) is 0 Å². The lowest BCUT2D eigenvalue weighted by molar-refractivity contribution is 0.0966. The minimum Gasteiger partial charge on any atom is -0.397 e. The molecule has 4 rings (SSSR count). The number of anilines is 1. The van der Waals surface area contributed by atoms with Gasteiger partial charge in [-0.3, -0.25) is 9.78 Å². The molecular formula is C16H14N4O. The zero-order chi connectivity index (χ0) is 14.6. The van der Waals surface area contributed by atoms with Gasteiger partial charge in [-0.15, -0.1) is 0 Å². The fraction of sp³-hybridized carbons (Fsp3) is 0.125. The van der Waals surface area contributed by atoms with Gasteiger partial charge in [0.2, 0.25) is 0 Å². The van der Waals surface area contributed by atoms with E-state index in [0.29, 0.717) is 17.8 Å². The first-order valence-electron chi connectivity index (χ1n) is 6.77. The number of aromatic nitrogens is 2. The fourth-order valence-electron chi connectivity index (χ4n) is 3.01. The maximum Gasteiger partial charge on any atom is 0.254 e. The average molecular weight is 278 g/mol. The van der Waals surface area contributed by atoms with E-state index in [1.807, 2.05) is 25.4 Å². The highest BCUT2D eigenvalue weighted by molar-refractivity contribution is 6.06. The molecule has 21 heavy (non-hydrogen) atoms. The molecule has 3 heterocycles. The predicted molar refractivity (Wildman–Crippen MR) is 81.7 cm³/mol. The van der Waals surface area contributed by atoms with Gasteiger partial charge in [0.1, 0.15) is 0 Å². The van der Waals surface area contributed by atoms with Gasteiger partial charge in [0.15, 0.2) is 0 Å². The molecule has 2 aromatic heterocycles. The number of hydrogen-bond acceptors (Lipinski definition) is 3. The van der Waals surface area contributed by atoms with Crippen LogP contribution in [0.5, 0.6) is 0 Å². The third kappa shape index (κ3) is 1.57. The van der Waals surface area contributed by atoms with Crippen molar-refractivity contribution in [1.29, 1.82) is 0 Å². The lowest BCUT2D eigenvalue weighted by atomic mass is 9.99. The van der Waals surface area contributed by atoms with Crippen LogP contribution in [0.15, 0.2) is 36.7 Å². The fourth-order valence-corrected chi connectivity index (χ4v) is 3.01. The largest absolute Gasteiger partial charge is 0.397 e. The number of rotatable bonds is 1. The summed E-state index contributed by atoms with van der Waals surface area (Å²) >= 11 is 0. The third-order valence-corrected chi connectivity index (χ3v) is 4.04. The van der Waals surface area contributed by atoms with Gasteiger partial charge in [0, 0.05) is 41.8 Å². The molecule has 104 valence electrons. The highest BCUT2D eigenvalue weighted by Crippen LogP contribution is 2.34. The van der Waals surface area contributed by atoms with E-state index in [9.17, 15) is 4.79 Å². The monoisotopic (exact) mass is 278 g/mol. The van der Waals surface area contributed by atoms with Crippen LogP contribution in [-0.2, 0) is 13.6 Å². The molecule has 0 radical (unpaired) electrons. The van der Waals surface area contributed by atoms with Crippen molar-refractivity contribution in [2.75, 3.05) is 5.73 Å². The van der Waals surface area contributed by atoms with Crippen molar-refractivity contribution < 1.29 is 4.79 Å². The SMILES string of the molecule is Cn1ccc2c(-c3ncc(N)c4c3CNC4=O)cccc21. The Morgan fingerprint density at radius 2 is 2.19 bits per heavy atom. The average Bonchev–Trinajstić information content (AvgIpc) is 3.05. The summed E-state index contributed by atoms with van der Waals surface area (Å²) in [5.41, 5.74) is 10.8. The van der Waals surface area contributed by atoms with Gasteiger partial charge < -0.3 is 15.6 Å². The number of pyridine rings is 1. The first-order valence-corrected chi connectivity index (χ1v) is 6.77. The smallest absolute Gasteiger partial charge is 0.254 e. The van der Waals surface area contributed by atoms with Crippen molar-refractivity contribution in [1.82, 2.24) is 14.9 Å². The van der Waals surface area contributed by atoms with Crippen molar-refractivity contribution in [3.8, 4) is 11.3 Å². The van der Waals surface area contributed by atoms with Crippen LogP contribution < -0.4 is 11.1 Å². The maximum absolute atomic E-state index is 11.9. The number of hydrogen-bond donors (Lipinski definition) is 2. The molecule has 0 saturated carbocycles. The lowest BCUT2D eigenvalue weighted by Gasteiger charge is -2.09. The molecule has 0 atom stereocenters. The Labute approximate surface area is 121 Å². The normalized spacial score (nSPS) is 13.5. The Balaban J connectivity index is 2.05. The van der Waals surface area contributed by atoms with E-state index in [1.165, 1.54) is 0 Å². The highest BCUT2D eigenvalue weighted by atomic mass is 16.1. The number of carbonyl (C=O) groups is 1. The molecule has 1 aromatic carbocycles. The summed E-state index contributed by atoms with van der Waals surface area (Å²) in [5.74, 6) is -0.119. The number of nitrogens with one attached hydrogen (secondary N) is 1. The molecule has 0 saturated heterocycles. The molecule has 0 unspecified atom stereocenters. The number of fused-ring (bicyclic) bond motifs is 2. The van der Waals surface area contributed by atoms with Crippen LogP contribution in [0.2, 0.25) is 0 Å². The zero-order valence-electron chi connectivity index (χ0n) is 11.6. The second-order valence-electron chi connectivity index (χ2n) is 5.26. The molecule has 5 heteroatoms. The molecule has 3 N–H and O–H groups in total. The number of nitrogens with two attached hydrogens (primary N) is 1. The first-order chi connectivity index (χ1) is 10.2. The van der Waals surface area contributed by atoms with E-state index >= 15 is 0 Å². The molecular weight excluding hydrogens is 264 g/mol. The summed E-state index contributed by atoms with van der Waals surface area (Å²) in [6.07, 6.45) is 3.59. The van der Waals surface area contributed by atoms with Crippen molar-refractivity contribution in [3.63, 3.8) is 0 Å². The minimum atomic E-state index is -0.119. The first kappa shape index (κ1) is 12.0. The van der Waals surface area contributed by atoms with E-state index in [2.05, 4.69) is 27.0 Å². The molecule has 1 amide bonds. The molecule has 0 bridgehead atoms. The van der Waals surface area contributed by atoms with Crippen LogP contribution in [0.1, 0.15) is 15.9 Å². The summed E-state index contributed by atoms with van der Waals surface area (Å²) in [5, 5.41) is 3.95. The Kier molecular flexibility index (Phi) is 2.33. The van der Waals surface area contributed by atoms with Crippen LogP contribution >= 0.6 is 0 Å². The second-order valence-corrected chi connectivity index (χ2v) is 5.26. The van der Waals surface area contributed by atoms with E-state index < -0.39 is 0 Å². The molecule has 0 spiro atoms. The van der Waals surface area contributed by atoms with Gasteiger partial charge in [-0.05, 0) is 12.1 Å². The number of nitrogen functional groups attached to an aromatic ring is 1. The quantitative estimate of drug-likeness (QED) is 0.715. The molecule has 1 aliphatic heterocycles. The van der Waals surface area contributed by atoms with Crippen molar-refractivity contribution in [3.05, 3.63) is 47.8 Å². The number of carbonyl (C=O) groups excluding carboxylic acids is 1. The standard InChI is InChI=1S/C16H14N4O/c1-20-6-5-9-10(3-2-4-13(9)20)15-11-7-19-16(21)14(11)12(17)8-18-15/h2-6,8H,7,17H2,1H3,(H,19,21). The van der Waals surface area contributed by atoms with E-state index in [4.69, 9.17) is 5.73 Å². The number of amides is 1. The van der Waals surface area contributed by atoms with Gasteiger partial charge in [0.25, 0.3) is 5.91 Å². The summed E-state index contributed by atoms with van der Waals surface area (Å²) in [6.45, 7) is 0.477. The Hall–Kier alpha value is -2.82. The molecule has 0 fully saturated rings. The minimum absolute atomic E-state index is 0.119. The Morgan fingerprint density at radius 3 is 3.05 bits per heavy atom. The van der Waals surface area contributed by atoms with E-state index in [0.717, 1.165) is 27.7 Å². The third-order valence-electron chi connectivity index (χ3n) is 4.04. The number of nitrogens with zero attached hydrogens (tertiary/aromatic N) is 2. The number of aryl methyl sites for hydroxylation is 1. The van der Waals surface area contributed by atoms with Crippen molar-refractivity contribution >= 4 is 22.5 Å². The molecule has 5 nitrogen and oxygen atoms in total. The van der Waals surface area contributed by atoms with Crippen molar-refractivity contribution in [2.24, 2.45) is 7.05 Å². The van der Waals surface area contributed by atoms with Crippen LogP contribution in [0, 0.1) is 0 Å². The predicted octanol–water partition coefficient (Wildman–Crippen LogP) is 2.07. The second kappa shape index (κ2) is 4.09. The van der Waals surface area contributed by atoms with Gasteiger partial charge in [-0.1, -0.05) is 12.1 Å². The Bertz CT molecular complexity index is 895. The van der Waals surface area contributed by atoms with E-state index in [-0.39, 0.29) is 5.91 Å². The highest BCUT2D eigenvalue weighted by Gasteiger charge is 2.26. The molecule has 3 aromatic rings. The van der Waals surface area contributed by atoms with Crippen LogP contribution in [0.4, 0.5) is 5.69 Å². The molecule has 1 aliphatic rings. The topological polar surface area (TPSA) is 72.9 Å². The molecule has 0 aliphatic carbocycles. The maximum atomic E-state index is 11.9. The van der Waals surface area contributed by atoms with Gasteiger partial charge in [0.05, 0.1) is 23.1 Å².